The second-order valence-electron chi connectivity index (χ2n) is 13.3. The Morgan fingerprint density at radius 1 is 0.688 bits per heavy atom. The first kappa shape index (κ1) is 50.2. The van der Waals surface area contributed by atoms with E-state index in [0.29, 0.717) is 56.9 Å². The number of carbonyl (C=O) groups excluding carboxylic acids is 2. The van der Waals surface area contributed by atoms with Crippen molar-refractivity contribution < 1.29 is 63.6 Å². The molecule has 0 aliphatic carbocycles. The van der Waals surface area contributed by atoms with Gasteiger partial charge in [0.05, 0.1) is 68.1 Å². The van der Waals surface area contributed by atoms with Crippen molar-refractivity contribution in [2.24, 2.45) is 0 Å². The topological polar surface area (TPSA) is 298 Å². The third kappa shape index (κ3) is 10.1. The average Bonchev–Trinajstić information content (AvgIpc) is 4.09. The largest absolute Gasteiger partial charge is 1.00 e. The van der Waals surface area contributed by atoms with Gasteiger partial charge in [-0.2, -0.15) is 22.1 Å². The second kappa shape index (κ2) is 22.2. The van der Waals surface area contributed by atoms with Crippen molar-refractivity contribution in [2.45, 2.75) is 40.8 Å². The van der Waals surface area contributed by atoms with Crippen molar-refractivity contribution >= 4 is 70.2 Å². The van der Waals surface area contributed by atoms with E-state index in [1.165, 1.54) is 16.9 Å². The van der Waals surface area contributed by atoms with Crippen LogP contribution in [-0.4, -0.2) is 102 Å². The van der Waals surface area contributed by atoms with Crippen molar-refractivity contribution in [1.29, 1.82) is 0 Å². The number of hydrogen-bond acceptors (Lipinski definition) is 17. The van der Waals surface area contributed by atoms with Crippen LogP contribution in [0, 0.1) is 27.7 Å². The molecule has 21 nitrogen and oxygen atoms in total. The minimum absolute atomic E-state index is 0. The Bertz CT molecular complexity index is 2680. The Hall–Kier alpha value is -6.49. The van der Waals surface area contributed by atoms with Gasteiger partial charge in [-0.1, -0.05) is 11.6 Å². The van der Waals surface area contributed by atoms with Crippen molar-refractivity contribution in [1.82, 2.24) is 49.8 Å². The summed E-state index contributed by atoms with van der Waals surface area (Å²) in [7, 11) is 6.43. The van der Waals surface area contributed by atoms with Crippen LogP contribution in [0.25, 0.3) is 23.3 Å². The van der Waals surface area contributed by atoms with Crippen molar-refractivity contribution in [2.75, 3.05) is 56.8 Å². The number of nitrogens with zero attached hydrogens (tertiary/aromatic N) is 10. The van der Waals surface area contributed by atoms with E-state index in [1.54, 1.807) is 63.6 Å². The number of aromatic amines is 2. The number of nitrogens with two attached hydrogens (primary N) is 2. The molecule has 8 heterocycles. The first-order chi connectivity index (χ1) is 30.3. The number of aliphatic hydroxyl groups is 1. The van der Waals surface area contributed by atoms with Crippen LogP contribution in [0.15, 0.2) is 37.2 Å². The molecule has 0 radical (unpaired) electrons. The second-order valence-corrected chi connectivity index (χ2v) is 13.7. The first-order valence-corrected chi connectivity index (χ1v) is 19.2. The summed E-state index contributed by atoms with van der Waals surface area (Å²) < 4.78 is 16.4. The summed E-state index contributed by atoms with van der Waals surface area (Å²) in [6.45, 7) is 8.00. The molecular weight excluding hydrogens is 859 g/mol. The number of nitrogens with one attached hydrogen (secondary N) is 2. The number of aromatic nitrogens is 10. The molecule has 0 aromatic carbocycles. The summed E-state index contributed by atoms with van der Waals surface area (Å²) in [5.74, 6) is 2.85. The first-order valence-electron chi connectivity index (χ1n) is 18.8. The molecule has 8 rings (SSSR count). The molecule has 64 heavy (non-hydrogen) atoms. The third-order valence-corrected chi connectivity index (χ3v) is 9.92. The molecule has 6 aromatic heterocycles. The number of nitrogen functional groups attached to an aromatic ring is 2. The molecule has 0 saturated heterocycles. The SMILES string of the molecule is CO.COc1c(C)cnc(CN2C(=O)/C(=C\c3ncc[nH]3)c3c(Cl)nc(N)nc32)c1C.COc1nc(N)nc2c1/C(=C/c1ncc[nH]1)C(=O)N2Cc1ncc(C)c(OC)c1C.C[O-].[Na+]. The molecule has 0 atom stereocenters. The summed E-state index contributed by atoms with van der Waals surface area (Å²) in [5, 5.41) is 15.4. The summed E-state index contributed by atoms with van der Waals surface area (Å²) >= 11 is 6.33. The van der Waals surface area contributed by atoms with Crippen LogP contribution in [0.5, 0.6) is 17.4 Å². The molecule has 0 saturated carbocycles. The van der Waals surface area contributed by atoms with E-state index in [2.05, 4.69) is 49.8 Å². The van der Waals surface area contributed by atoms with Crippen molar-refractivity contribution in [3.8, 4) is 17.4 Å². The predicted molar refractivity (Wildman–Crippen MR) is 234 cm³/mol. The Balaban J connectivity index is 0.000000257. The zero-order valence-electron chi connectivity index (χ0n) is 36.9. The van der Waals surface area contributed by atoms with Crippen LogP contribution in [0.3, 0.4) is 0 Å². The zero-order valence-corrected chi connectivity index (χ0v) is 39.7. The number of aliphatic hydroxyl groups excluding tert-OH is 1. The van der Waals surface area contributed by atoms with E-state index >= 15 is 0 Å². The monoisotopic (exact) mass is 904 g/mol. The molecule has 2 aliphatic heterocycles. The van der Waals surface area contributed by atoms with E-state index in [0.717, 1.165) is 48.0 Å². The predicted octanol–water partition coefficient (Wildman–Crippen LogP) is 0.0305. The summed E-state index contributed by atoms with van der Waals surface area (Å²) in [5.41, 5.74) is 18.1. The molecule has 0 fully saturated rings. The number of aryl methyl sites for hydroxylation is 2. The number of anilines is 4. The number of halogens is 1. The van der Waals surface area contributed by atoms with Gasteiger partial charge < -0.3 is 45.9 Å². The number of pyridine rings is 2. The van der Waals surface area contributed by atoms with E-state index in [4.69, 9.17) is 47.5 Å². The molecule has 0 spiro atoms. The minimum Gasteiger partial charge on any atom is -0.857 e. The van der Waals surface area contributed by atoms with Gasteiger partial charge in [-0.25, -0.2) is 15.0 Å². The van der Waals surface area contributed by atoms with Crippen LogP contribution in [0.1, 0.15) is 56.4 Å². The maximum Gasteiger partial charge on any atom is 1.00 e. The van der Waals surface area contributed by atoms with Gasteiger partial charge >= 0.3 is 29.6 Å². The summed E-state index contributed by atoms with van der Waals surface area (Å²) in [6, 6.07) is 0. The molecule has 6 aromatic rings. The Morgan fingerprint density at radius 2 is 1.11 bits per heavy atom. The Morgan fingerprint density at radius 3 is 1.52 bits per heavy atom. The number of imidazole rings is 2. The number of amides is 2. The van der Waals surface area contributed by atoms with Gasteiger partial charge in [0.15, 0.2) is 11.6 Å². The van der Waals surface area contributed by atoms with E-state index in [1.807, 2.05) is 27.7 Å². The van der Waals surface area contributed by atoms with Gasteiger partial charge in [-0.15, -0.1) is 0 Å². The number of rotatable bonds is 9. The quantitative estimate of drug-likeness (QED) is 0.0726. The normalized spacial score (nSPS) is 13.5. The van der Waals surface area contributed by atoms with E-state index in [-0.39, 0.29) is 77.4 Å². The minimum atomic E-state index is -0.293. The molecule has 330 valence electrons. The molecular formula is C41H46ClN14NaO7. The van der Waals surface area contributed by atoms with Gasteiger partial charge in [-0.3, -0.25) is 29.4 Å². The van der Waals surface area contributed by atoms with Gasteiger partial charge in [0.25, 0.3) is 11.8 Å². The summed E-state index contributed by atoms with van der Waals surface area (Å²) in [4.78, 5) is 69.6. The van der Waals surface area contributed by atoms with Crippen molar-refractivity contribution in [3.05, 3.63) is 98.8 Å². The Labute approximate surface area is 395 Å². The van der Waals surface area contributed by atoms with Crippen LogP contribution in [0.2, 0.25) is 5.15 Å². The fraction of sp³-hybridized carbons (Fsp3) is 0.268. The summed E-state index contributed by atoms with van der Waals surface area (Å²) in [6.07, 6.45) is 13.2. The third-order valence-electron chi connectivity index (χ3n) is 9.65. The molecule has 2 aliphatic rings. The average molecular weight is 905 g/mol. The smallest absolute Gasteiger partial charge is 0.857 e. The fourth-order valence-electron chi connectivity index (χ4n) is 6.89. The molecule has 7 N–H and O–H groups in total. The van der Waals surface area contributed by atoms with Gasteiger partial charge in [0, 0.05) is 66.5 Å². The number of methoxy groups -OCH3 is 3. The van der Waals surface area contributed by atoms with Crippen LogP contribution >= 0.6 is 11.6 Å². The van der Waals surface area contributed by atoms with Crippen LogP contribution in [-0.2, 0) is 22.7 Å². The van der Waals surface area contributed by atoms with Gasteiger partial charge in [-0.05, 0) is 39.8 Å². The standard InChI is InChI=1S/C20H21N7O3.C19H18ClN7O2.CH4O.CH3O.Na/c1-10-8-24-13(11(2)16(10)29-3)9-27-17-15(18(30-4)26-20(21)25-17)12(19(27)28)7-14-22-5-6-23-14;1-9-7-24-12(10(2)15(9)29-3)8-27-17-14(16(20)25-19(21)26-17)11(18(27)28)6-13-22-4-5-23-13;2*1-2;/h5-8H,9H2,1-4H3,(H,22,23)(H2,21,25,26);4-7H,8H2,1-3H3,(H,22,23)(H2,21,25,26);2H,1H3;1H3;/q;;;-1;+1/b12-7-;11-6-;;;. The van der Waals surface area contributed by atoms with Crippen molar-refractivity contribution in [3.63, 3.8) is 0 Å². The number of carbonyl (C=O) groups is 2. The number of hydrogen-bond donors (Lipinski definition) is 5. The maximum atomic E-state index is 13.4. The molecule has 2 amide bonds. The van der Waals surface area contributed by atoms with Crippen LogP contribution in [0.4, 0.5) is 23.5 Å². The zero-order chi connectivity index (χ0) is 46.1. The molecule has 0 unspecified atom stereocenters. The maximum absolute atomic E-state index is 13.4. The molecule has 0 bridgehead atoms. The number of H-pyrrole nitrogens is 2. The van der Waals surface area contributed by atoms with Gasteiger partial charge in [0.2, 0.25) is 17.8 Å². The molecule has 23 heteroatoms. The fourth-order valence-corrected chi connectivity index (χ4v) is 7.17. The van der Waals surface area contributed by atoms with Gasteiger partial charge in [0.1, 0.15) is 28.3 Å². The number of ether oxygens (including phenoxy) is 3. The van der Waals surface area contributed by atoms with E-state index < -0.39 is 0 Å². The van der Waals surface area contributed by atoms with E-state index in [9.17, 15) is 9.59 Å². The Kier molecular flexibility index (Phi) is 17.4. The number of fused-ring (bicyclic) bond motifs is 2. The van der Waals surface area contributed by atoms with Crippen LogP contribution < -0.4 is 70.1 Å².